The number of pyridine rings is 1. The first kappa shape index (κ1) is 18.8. The topological polar surface area (TPSA) is 80.0 Å². The highest BCUT2D eigenvalue weighted by Gasteiger charge is 2.12. The van der Waals surface area contributed by atoms with Crippen LogP contribution in [0.1, 0.15) is 24.0 Å². The summed E-state index contributed by atoms with van der Waals surface area (Å²) >= 11 is 0. The number of amides is 1. The highest BCUT2D eigenvalue weighted by Crippen LogP contribution is 2.19. The Morgan fingerprint density at radius 3 is 2.83 bits per heavy atom. The smallest absolute Gasteiger partial charge is 0.267 e. The standard InChI is InChI=1S/C23H22N4O2/c28-22(26-29)9-8-18-4-3-5-19(16-18)23-25-20-6-1-2-7-21(20)27(23)15-12-17-10-13-24-14-11-17/h3-11,13-14,16,29H,1-2,12,15H2,(H,26,28)/b9-8+. The number of aryl methyl sites for hydroxylation is 1. The lowest BCUT2D eigenvalue weighted by Crippen LogP contribution is -2.32. The molecule has 0 radical (unpaired) electrons. The van der Waals surface area contributed by atoms with E-state index in [1.54, 1.807) is 11.6 Å². The van der Waals surface area contributed by atoms with Gasteiger partial charge in [-0.15, -0.1) is 0 Å². The van der Waals surface area contributed by atoms with Crippen LogP contribution in [0.5, 0.6) is 0 Å². The predicted octanol–water partition coefficient (Wildman–Crippen LogP) is 2.06. The van der Waals surface area contributed by atoms with Crippen molar-refractivity contribution in [3.05, 3.63) is 76.7 Å². The number of carbonyl (C=O) groups excluding carboxylic acids is 1. The molecule has 1 aliphatic rings. The number of imidazole rings is 1. The van der Waals surface area contributed by atoms with Crippen molar-refractivity contribution in [2.24, 2.45) is 0 Å². The van der Waals surface area contributed by atoms with Crippen LogP contribution < -0.4 is 16.2 Å². The molecule has 6 nitrogen and oxygen atoms in total. The summed E-state index contributed by atoms with van der Waals surface area (Å²) in [7, 11) is 0. The molecule has 4 rings (SSSR count). The third-order valence-corrected chi connectivity index (χ3v) is 4.93. The lowest BCUT2D eigenvalue weighted by atomic mass is 10.1. The van der Waals surface area contributed by atoms with Crippen LogP contribution in [-0.4, -0.2) is 25.6 Å². The largest absolute Gasteiger partial charge is 0.324 e. The molecule has 0 fully saturated rings. The molecule has 0 spiro atoms. The first-order valence-electron chi connectivity index (χ1n) is 9.63. The quantitative estimate of drug-likeness (QED) is 0.386. The van der Waals surface area contributed by atoms with Gasteiger partial charge in [0, 0.05) is 30.6 Å². The minimum absolute atomic E-state index is 0.561. The fourth-order valence-corrected chi connectivity index (χ4v) is 3.52. The van der Waals surface area contributed by atoms with Crippen molar-refractivity contribution < 1.29 is 10.0 Å². The van der Waals surface area contributed by atoms with E-state index in [4.69, 9.17) is 10.2 Å². The zero-order chi connectivity index (χ0) is 20.1. The number of nitrogens with zero attached hydrogens (tertiary/aromatic N) is 3. The minimum atomic E-state index is -0.561. The molecule has 0 aliphatic heterocycles. The van der Waals surface area contributed by atoms with Crippen LogP contribution in [0, 0.1) is 0 Å². The molecule has 1 aromatic carbocycles. The molecule has 0 bridgehead atoms. The van der Waals surface area contributed by atoms with E-state index in [2.05, 4.69) is 21.7 Å². The molecule has 146 valence electrons. The molecule has 2 N–H and O–H groups in total. The van der Waals surface area contributed by atoms with Crippen LogP contribution in [0.2, 0.25) is 0 Å². The zero-order valence-electron chi connectivity index (χ0n) is 16.0. The Morgan fingerprint density at radius 2 is 2.00 bits per heavy atom. The Bertz CT molecular complexity index is 1160. The summed E-state index contributed by atoms with van der Waals surface area (Å²) < 4.78 is 2.27. The Morgan fingerprint density at radius 1 is 1.17 bits per heavy atom. The van der Waals surface area contributed by atoms with Gasteiger partial charge in [0.15, 0.2) is 0 Å². The van der Waals surface area contributed by atoms with E-state index in [0.29, 0.717) is 0 Å². The molecule has 1 amide bonds. The van der Waals surface area contributed by atoms with Crippen LogP contribution in [0.25, 0.3) is 29.6 Å². The fourth-order valence-electron chi connectivity index (χ4n) is 3.52. The second kappa shape index (κ2) is 8.67. The molecule has 29 heavy (non-hydrogen) atoms. The molecule has 0 saturated heterocycles. The average Bonchev–Trinajstić information content (AvgIpc) is 3.15. The molecule has 2 heterocycles. The van der Waals surface area contributed by atoms with Crippen LogP contribution in [-0.2, 0) is 17.8 Å². The van der Waals surface area contributed by atoms with Crippen molar-refractivity contribution in [1.82, 2.24) is 20.0 Å². The molecular formula is C23H22N4O2. The SMILES string of the molecule is O=C(/C=C/c1cccc(-c2nc3c(n2CCc2ccncc2)=CCCC=3)c1)NO. The van der Waals surface area contributed by atoms with Gasteiger partial charge >= 0.3 is 0 Å². The van der Waals surface area contributed by atoms with Crippen molar-refractivity contribution in [1.29, 1.82) is 0 Å². The van der Waals surface area contributed by atoms with E-state index in [9.17, 15) is 4.79 Å². The van der Waals surface area contributed by atoms with Gasteiger partial charge in [-0.3, -0.25) is 15.0 Å². The van der Waals surface area contributed by atoms with Gasteiger partial charge in [0.2, 0.25) is 0 Å². The van der Waals surface area contributed by atoms with Crippen molar-refractivity contribution in [2.45, 2.75) is 25.8 Å². The number of hydrogen-bond acceptors (Lipinski definition) is 4. The maximum absolute atomic E-state index is 11.3. The van der Waals surface area contributed by atoms with Gasteiger partial charge < -0.3 is 4.57 Å². The second-order valence-corrected chi connectivity index (χ2v) is 6.88. The number of hydrogen-bond donors (Lipinski definition) is 2. The number of carbonyl (C=O) groups is 1. The number of nitrogens with one attached hydrogen (secondary N) is 1. The van der Waals surface area contributed by atoms with E-state index < -0.39 is 5.91 Å². The monoisotopic (exact) mass is 386 g/mol. The summed E-state index contributed by atoms with van der Waals surface area (Å²) in [6.07, 6.45) is 14.0. The Balaban J connectivity index is 1.71. The van der Waals surface area contributed by atoms with Gasteiger partial charge in [0.05, 0.1) is 10.7 Å². The molecule has 0 atom stereocenters. The van der Waals surface area contributed by atoms with Gasteiger partial charge in [-0.1, -0.05) is 30.4 Å². The average molecular weight is 386 g/mol. The normalized spacial score (nSPS) is 12.9. The van der Waals surface area contributed by atoms with E-state index in [0.717, 1.165) is 48.1 Å². The predicted molar refractivity (Wildman–Crippen MR) is 112 cm³/mol. The van der Waals surface area contributed by atoms with Crippen LogP contribution in [0.4, 0.5) is 0 Å². The van der Waals surface area contributed by atoms with E-state index in [1.165, 1.54) is 17.0 Å². The van der Waals surface area contributed by atoms with Crippen molar-refractivity contribution in [2.75, 3.05) is 0 Å². The lowest BCUT2D eigenvalue weighted by Gasteiger charge is -2.10. The number of fused-ring (bicyclic) bond motifs is 1. The van der Waals surface area contributed by atoms with Crippen molar-refractivity contribution >= 4 is 24.1 Å². The Kier molecular flexibility index (Phi) is 5.63. The van der Waals surface area contributed by atoms with Crippen LogP contribution in [0.15, 0.2) is 54.9 Å². The third kappa shape index (κ3) is 4.33. The third-order valence-electron chi connectivity index (χ3n) is 4.93. The van der Waals surface area contributed by atoms with E-state index in [1.807, 2.05) is 48.8 Å². The number of aromatic nitrogens is 3. The zero-order valence-corrected chi connectivity index (χ0v) is 16.0. The van der Waals surface area contributed by atoms with Crippen LogP contribution in [0.3, 0.4) is 0 Å². The first-order chi connectivity index (χ1) is 14.2. The van der Waals surface area contributed by atoms with Crippen molar-refractivity contribution in [3.63, 3.8) is 0 Å². The van der Waals surface area contributed by atoms with E-state index >= 15 is 0 Å². The van der Waals surface area contributed by atoms with E-state index in [-0.39, 0.29) is 0 Å². The highest BCUT2D eigenvalue weighted by molar-refractivity contribution is 5.91. The fraction of sp³-hybridized carbons (Fsp3) is 0.174. The van der Waals surface area contributed by atoms with Gasteiger partial charge in [0.25, 0.3) is 5.91 Å². The molecule has 0 saturated carbocycles. The summed E-state index contributed by atoms with van der Waals surface area (Å²) in [6.45, 7) is 0.818. The molecule has 1 aliphatic carbocycles. The first-order valence-corrected chi connectivity index (χ1v) is 9.63. The second-order valence-electron chi connectivity index (χ2n) is 6.88. The maximum Gasteiger partial charge on any atom is 0.267 e. The number of benzene rings is 1. The molecule has 0 unspecified atom stereocenters. The van der Waals surface area contributed by atoms with Gasteiger partial charge in [0.1, 0.15) is 5.82 Å². The summed E-state index contributed by atoms with van der Waals surface area (Å²) in [5.74, 6) is 0.356. The molecule has 2 aromatic heterocycles. The Hall–Kier alpha value is -3.51. The number of rotatable bonds is 6. The molecular weight excluding hydrogens is 364 g/mol. The highest BCUT2D eigenvalue weighted by atomic mass is 16.5. The summed E-state index contributed by atoms with van der Waals surface area (Å²) in [4.78, 5) is 20.3. The number of hydroxylamine groups is 1. The van der Waals surface area contributed by atoms with Gasteiger partial charge in [-0.2, -0.15) is 0 Å². The summed E-state index contributed by atoms with van der Waals surface area (Å²) in [6, 6.07) is 12.0. The molecule has 3 aromatic rings. The lowest BCUT2D eigenvalue weighted by molar-refractivity contribution is -0.124. The minimum Gasteiger partial charge on any atom is -0.324 e. The Labute approximate surface area is 168 Å². The summed E-state index contributed by atoms with van der Waals surface area (Å²) in [5, 5.41) is 10.9. The van der Waals surface area contributed by atoms with Crippen molar-refractivity contribution in [3.8, 4) is 11.4 Å². The maximum atomic E-state index is 11.3. The molecule has 6 heteroatoms. The van der Waals surface area contributed by atoms with Gasteiger partial charge in [-0.25, -0.2) is 10.5 Å². The summed E-state index contributed by atoms with van der Waals surface area (Å²) in [5.41, 5.74) is 4.69. The van der Waals surface area contributed by atoms with Crippen LogP contribution >= 0.6 is 0 Å². The van der Waals surface area contributed by atoms with Gasteiger partial charge in [-0.05, 0) is 54.7 Å².